The number of para-hydroxylation sites is 1. The summed E-state index contributed by atoms with van der Waals surface area (Å²) in [6, 6.07) is 37.4. The number of pyridine rings is 3. The molecule has 11 heteroatoms. The number of fused-ring (bicyclic) bond motifs is 6. The third-order valence-corrected chi connectivity index (χ3v) is 15.1. The smallest absolute Gasteiger partial charge is 0.433 e. The number of benzene rings is 4. The summed E-state index contributed by atoms with van der Waals surface area (Å²) >= 11 is -1.73. The minimum absolute atomic E-state index is 0. The van der Waals surface area contributed by atoms with Crippen LogP contribution in [0.3, 0.4) is 0 Å². The first-order valence-electron chi connectivity index (χ1n) is 20.2. The zero-order chi connectivity index (χ0) is 42.7. The largest absolute Gasteiger partial charge is 0.486 e. The van der Waals surface area contributed by atoms with Gasteiger partial charge in [0, 0.05) is 42.3 Å². The molecule has 1 radical (unpaired) electrons. The topological polar surface area (TPSA) is 69.6 Å². The minimum Gasteiger partial charge on any atom is -0.486 e. The number of aromatic nitrogens is 5. The minimum atomic E-state index is -4.59. The summed E-state index contributed by atoms with van der Waals surface area (Å²) in [5.74, 6) is 8.13. The summed E-state index contributed by atoms with van der Waals surface area (Å²) in [7, 11) is 0. The summed E-state index contributed by atoms with van der Waals surface area (Å²) in [6.45, 7) is 12.7. The first-order chi connectivity index (χ1) is 28.5. The van der Waals surface area contributed by atoms with Crippen molar-refractivity contribution in [2.75, 3.05) is 0 Å². The molecule has 0 amide bonds. The molecule has 0 atom stereocenters. The van der Waals surface area contributed by atoms with Gasteiger partial charge in [-0.15, -0.1) is 18.2 Å². The molecule has 0 bridgehead atoms. The maximum Gasteiger partial charge on any atom is 0.433 e. The van der Waals surface area contributed by atoms with Crippen molar-refractivity contribution >= 4 is 61.7 Å². The standard InChI is InChI=1S/C35H28F3N4O.C15H18GeN.Ir/c1-18(2)21-8-6-9-22(19(3)4)30(21)42-31-25-13-12-20(5)39-27(25)15-16-28(31)40-33(42)26-11-7-10-23-24-14-17-29(35(36,37)38)41-34(24)43-32(23)26;1-12-5-7-13(8-6-12)15-10-9-14(11-17-15)16(2,3)4;/h6-10,12-19H,1-5H3;5-7,9-11H,1-4H3;/q2*-1;. The average molecular weight is 1050 g/mol. The molecule has 5 aromatic heterocycles. The summed E-state index contributed by atoms with van der Waals surface area (Å²) in [4.78, 5) is 18.3. The molecule has 6 nitrogen and oxygen atoms in total. The van der Waals surface area contributed by atoms with Gasteiger partial charge in [-0.3, -0.25) is 9.97 Å². The fourth-order valence-corrected chi connectivity index (χ4v) is 9.81. The van der Waals surface area contributed by atoms with E-state index in [-0.39, 0.29) is 37.7 Å². The Morgan fingerprint density at radius 3 is 2.05 bits per heavy atom. The molecule has 61 heavy (non-hydrogen) atoms. The Hall–Kier alpha value is -5.16. The van der Waals surface area contributed by atoms with E-state index < -0.39 is 25.1 Å². The van der Waals surface area contributed by atoms with Gasteiger partial charge in [0.15, 0.2) is 0 Å². The van der Waals surface area contributed by atoms with Crippen LogP contribution >= 0.6 is 0 Å². The third-order valence-electron chi connectivity index (χ3n) is 10.9. The molecule has 0 spiro atoms. The van der Waals surface area contributed by atoms with Crippen LogP contribution in [0, 0.1) is 26.0 Å². The predicted molar refractivity (Wildman–Crippen MR) is 240 cm³/mol. The molecule has 0 saturated heterocycles. The van der Waals surface area contributed by atoms with Gasteiger partial charge in [0.05, 0.1) is 28.0 Å². The number of hydrogen-bond acceptors (Lipinski definition) is 5. The number of halogens is 3. The zero-order valence-corrected chi connectivity index (χ0v) is 40.1. The fraction of sp³-hybridized carbons (Fsp3) is 0.240. The summed E-state index contributed by atoms with van der Waals surface area (Å²) < 4.78 is 50.2. The van der Waals surface area contributed by atoms with Crippen LogP contribution in [0.2, 0.25) is 17.3 Å². The van der Waals surface area contributed by atoms with Crippen LogP contribution in [-0.2, 0) is 26.3 Å². The molecule has 0 aliphatic heterocycles. The van der Waals surface area contributed by atoms with Crippen LogP contribution < -0.4 is 4.40 Å². The van der Waals surface area contributed by atoms with Gasteiger partial charge in [-0.25, -0.2) is 4.98 Å². The van der Waals surface area contributed by atoms with Crippen LogP contribution in [0.5, 0.6) is 0 Å². The normalized spacial score (nSPS) is 12.1. The summed E-state index contributed by atoms with van der Waals surface area (Å²) in [5, 5.41) is 2.09. The summed E-state index contributed by atoms with van der Waals surface area (Å²) in [6.07, 6.45) is -2.54. The van der Waals surface area contributed by atoms with Crippen LogP contribution in [0.25, 0.3) is 72.3 Å². The van der Waals surface area contributed by atoms with E-state index in [1.807, 2.05) is 37.4 Å². The molecule has 9 aromatic rings. The maximum absolute atomic E-state index is 13.5. The van der Waals surface area contributed by atoms with Crippen LogP contribution in [0.1, 0.15) is 67.6 Å². The van der Waals surface area contributed by atoms with E-state index in [0.29, 0.717) is 27.7 Å². The van der Waals surface area contributed by atoms with E-state index in [1.165, 1.54) is 16.0 Å². The van der Waals surface area contributed by atoms with Gasteiger partial charge in [-0.05, 0) is 66.3 Å². The van der Waals surface area contributed by atoms with Crippen LogP contribution in [0.4, 0.5) is 13.2 Å². The van der Waals surface area contributed by atoms with Crippen molar-refractivity contribution in [3.63, 3.8) is 0 Å². The first kappa shape index (κ1) is 43.9. The second-order valence-corrected chi connectivity index (χ2v) is 27.7. The molecule has 0 N–H and O–H groups in total. The molecular weight excluding hydrogens is 1010 g/mol. The Bertz CT molecular complexity index is 3010. The quantitative estimate of drug-likeness (QED) is 0.123. The molecular formula is C50H46F3GeIrN5O-2. The number of furan rings is 1. The average Bonchev–Trinajstić information content (AvgIpc) is 3.79. The van der Waals surface area contributed by atoms with E-state index in [1.54, 1.807) is 12.1 Å². The van der Waals surface area contributed by atoms with Crippen molar-refractivity contribution in [1.29, 1.82) is 0 Å². The van der Waals surface area contributed by atoms with Gasteiger partial charge in [0.1, 0.15) is 5.69 Å². The Morgan fingerprint density at radius 2 is 1.43 bits per heavy atom. The monoisotopic (exact) mass is 1060 g/mol. The van der Waals surface area contributed by atoms with E-state index in [9.17, 15) is 13.2 Å². The van der Waals surface area contributed by atoms with Crippen molar-refractivity contribution < 1.29 is 37.7 Å². The Kier molecular flexibility index (Phi) is 12.2. The second-order valence-electron chi connectivity index (χ2n) is 17.0. The Labute approximate surface area is 370 Å². The molecule has 313 valence electrons. The molecule has 0 unspecified atom stereocenters. The van der Waals surface area contributed by atoms with Gasteiger partial charge in [-0.2, -0.15) is 13.2 Å². The van der Waals surface area contributed by atoms with Crippen molar-refractivity contribution in [3.8, 4) is 28.3 Å². The van der Waals surface area contributed by atoms with E-state index >= 15 is 0 Å². The molecule has 0 fully saturated rings. The number of aryl methyl sites for hydroxylation is 2. The number of rotatable bonds is 6. The first-order valence-corrected chi connectivity index (χ1v) is 27.5. The SMILES string of the molecule is Cc1c[c-]c(-c2cc[c]([Ge]([CH3])([CH3])[CH3])cn2)cc1.Cc1ccc2c(ccc3nc(-c4[c-]ccc5c4oc4nc(C(F)(F)F)ccc45)n(-c4c(C(C)C)cccc4C(C)C)c32)n1.[Ir]. The van der Waals surface area contributed by atoms with E-state index in [0.717, 1.165) is 61.8 Å². The van der Waals surface area contributed by atoms with Crippen LogP contribution in [-0.4, -0.2) is 37.8 Å². The molecule has 0 aliphatic rings. The third kappa shape index (κ3) is 8.55. The van der Waals surface area contributed by atoms with Gasteiger partial charge >= 0.3 is 112 Å². The van der Waals surface area contributed by atoms with E-state index in [2.05, 4.69) is 127 Å². The maximum atomic E-state index is 13.5. The Balaban J connectivity index is 0.000000262. The number of nitrogens with zero attached hydrogens (tertiary/aromatic N) is 5. The van der Waals surface area contributed by atoms with Gasteiger partial charge < -0.3 is 8.98 Å². The van der Waals surface area contributed by atoms with Gasteiger partial charge in [-0.1, -0.05) is 56.8 Å². The van der Waals surface area contributed by atoms with Crippen LogP contribution in [0.15, 0.2) is 108 Å². The summed E-state index contributed by atoms with van der Waals surface area (Å²) in [5.41, 5.74) is 9.91. The van der Waals surface area contributed by atoms with Gasteiger partial charge in [0.2, 0.25) is 5.71 Å². The molecule has 0 aliphatic carbocycles. The zero-order valence-electron chi connectivity index (χ0n) is 35.6. The molecule has 0 saturated carbocycles. The van der Waals surface area contributed by atoms with Gasteiger partial charge in [0.25, 0.3) is 0 Å². The van der Waals surface area contributed by atoms with E-state index in [4.69, 9.17) is 14.4 Å². The fourth-order valence-electron chi connectivity index (χ4n) is 7.63. The van der Waals surface area contributed by atoms with Crippen molar-refractivity contribution in [2.45, 2.75) is 76.8 Å². The number of imidazole rings is 1. The van der Waals surface area contributed by atoms with Crippen molar-refractivity contribution in [3.05, 3.63) is 143 Å². The number of hydrogen-bond donors (Lipinski definition) is 0. The number of alkyl halides is 3. The second kappa shape index (κ2) is 17.0. The predicted octanol–water partition coefficient (Wildman–Crippen LogP) is 13.3. The molecule has 5 heterocycles. The van der Waals surface area contributed by atoms with Crippen molar-refractivity contribution in [2.24, 2.45) is 0 Å². The Morgan fingerprint density at radius 1 is 0.721 bits per heavy atom. The van der Waals surface area contributed by atoms with Crippen molar-refractivity contribution in [1.82, 2.24) is 24.5 Å². The molecule has 9 rings (SSSR count). The molecule has 4 aromatic carbocycles.